The molecule has 120 valence electrons. The molecule has 0 saturated carbocycles. The summed E-state index contributed by atoms with van der Waals surface area (Å²) in [4.78, 5) is 0. The summed E-state index contributed by atoms with van der Waals surface area (Å²) in [6.45, 7) is 11.2. The van der Waals surface area contributed by atoms with Crippen LogP contribution in [0.3, 0.4) is 0 Å². The Morgan fingerprint density at radius 2 is 1.10 bits per heavy atom. The molecule has 5 heteroatoms. The van der Waals surface area contributed by atoms with Gasteiger partial charge in [-0.1, -0.05) is 26.3 Å². The maximum atomic E-state index is 5.42. The van der Waals surface area contributed by atoms with Crippen LogP contribution in [0.15, 0.2) is 12.8 Å². The quantitative estimate of drug-likeness (QED) is 0.304. The monoisotopic (exact) mass is 290 g/mol. The molecular formula is C15H30O5. The smallest absolute Gasteiger partial charge is 0.111 e. The fourth-order valence-corrected chi connectivity index (χ4v) is 1.41. The molecule has 0 radical (unpaired) electrons. The molecule has 0 N–H and O–H groups in total. The lowest BCUT2D eigenvalue weighted by Gasteiger charge is -2.07. The Morgan fingerprint density at radius 3 is 1.55 bits per heavy atom. The van der Waals surface area contributed by atoms with E-state index in [2.05, 4.69) is 13.5 Å². The highest BCUT2D eigenvalue weighted by Crippen LogP contribution is 1.93. The minimum absolute atomic E-state index is 0.533. The molecule has 0 rings (SSSR count). The maximum Gasteiger partial charge on any atom is 0.111 e. The van der Waals surface area contributed by atoms with Crippen molar-refractivity contribution >= 4 is 0 Å². The van der Waals surface area contributed by atoms with E-state index in [1.165, 1.54) is 19.1 Å². The van der Waals surface area contributed by atoms with Gasteiger partial charge in [0, 0.05) is 6.61 Å². The van der Waals surface area contributed by atoms with Gasteiger partial charge in [-0.25, -0.2) is 0 Å². The van der Waals surface area contributed by atoms with Crippen LogP contribution in [0.1, 0.15) is 26.2 Å². The molecule has 0 aromatic heterocycles. The SMILES string of the molecule is C=COCCOCCOCCOCCOCCCCC. The average molecular weight is 290 g/mol. The van der Waals surface area contributed by atoms with Crippen molar-refractivity contribution in [1.29, 1.82) is 0 Å². The normalized spacial score (nSPS) is 10.7. The molecule has 0 fully saturated rings. The Labute approximate surface area is 123 Å². The van der Waals surface area contributed by atoms with Crippen LogP contribution in [0.4, 0.5) is 0 Å². The molecule has 0 aliphatic carbocycles. The zero-order chi connectivity index (χ0) is 14.7. The Bertz CT molecular complexity index is 187. The molecule has 0 amide bonds. The molecule has 0 heterocycles. The average Bonchev–Trinajstić information content (AvgIpc) is 2.47. The van der Waals surface area contributed by atoms with E-state index in [0.717, 1.165) is 13.0 Å². The van der Waals surface area contributed by atoms with Gasteiger partial charge in [-0.05, 0) is 6.42 Å². The predicted octanol–water partition coefficient (Wildman–Crippen LogP) is 2.40. The summed E-state index contributed by atoms with van der Waals surface area (Å²) in [5.74, 6) is 0. The summed E-state index contributed by atoms with van der Waals surface area (Å²) in [6, 6.07) is 0. The first-order chi connectivity index (χ1) is 9.91. The summed E-state index contributed by atoms with van der Waals surface area (Å²) in [5, 5.41) is 0. The van der Waals surface area contributed by atoms with Crippen molar-refractivity contribution in [2.45, 2.75) is 26.2 Å². The van der Waals surface area contributed by atoms with Gasteiger partial charge in [0.15, 0.2) is 0 Å². The first-order valence-corrected chi connectivity index (χ1v) is 7.45. The van der Waals surface area contributed by atoms with E-state index in [1.54, 1.807) is 0 Å². The van der Waals surface area contributed by atoms with Crippen LogP contribution in [0.5, 0.6) is 0 Å². The van der Waals surface area contributed by atoms with Crippen molar-refractivity contribution in [2.24, 2.45) is 0 Å². The minimum Gasteiger partial charge on any atom is -0.499 e. The highest BCUT2D eigenvalue weighted by molar-refractivity contribution is 4.47. The second-order valence-electron chi connectivity index (χ2n) is 4.19. The van der Waals surface area contributed by atoms with Gasteiger partial charge < -0.3 is 23.7 Å². The summed E-state index contributed by atoms with van der Waals surface area (Å²) in [5.41, 5.74) is 0. The standard InChI is InChI=1S/C15H30O5/c1-3-5-6-7-17-10-11-19-14-15-20-13-12-18-9-8-16-4-2/h4H,2-3,5-15H2,1H3. The molecule has 0 aliphatic rings. The lowest BCUT2D eigenvalue weighted by Crippen LogP contribution is -2.13. The molecule has 0 aromatic carbocycles. The summed E-state index contributed by atoms with van der Waals surface area (Å²) in [6.07, 6.45) is 5.00. The summed E-state index contributed by atoms with van der Waals surface area (Å²) >= 11 is 0. The van der Waals surface area contributed by atoms with Crippen LogP contribution in [0.25, 0.3) is 0 Å². The fourth-order valence-electron chi connectivity index (χ4n) is 1.41. The van der Waals surface area contributed by atoms with Gasteiger partial charge in [0.05, 0.1) is 52.5 Å². The van der Waals surface area contributed by atoms with Gasteiger partial charge in [0.25, 0.3) is 0 Å². The predicted molar refractivity (Wildman–Crippen MR) is 79.0 cm³/mol. The third kappa shape index (κ3) is 17.4. The molecular weight excluding hydrogens is 260 g/mol. The third-order valence-corrected chi connectivity index (χ3v) is 2.47. The largest absolute Gasteiger partial charge is 0.499 e. The second-order valence-corrected chi connectivity index (χ2v) is 4.19. The van der Waals surface area contributed by atoms with Gasteiger partial charge in [0.1, 0.15) is 6.61 Å². The Kier molecular flexibility index (Phi) is 17.8. The van der Waals surface area contributed by atoms with E-state index in [1.807, 2.05) is 0 Å². The van der Waals surface area contributed by atoms with Gasteiger partial charge in [-0.2, -0.15) is 0 Å². The Morgan fingerprint density at radius 1 is 0.650 bits per heavy atom. The molecule has 0 aliphatic heterocycles. The first-order valence-electron chi connectivity index (χ1n) is 7.45. The van der Waals surface area contributed by atoms with Gasteiger partial charge in [-0.15, -0.1) is 0 Å². The fraction of sp³-hybridized carbons (Fsp3) is 0.867. The molecule has 5 nitrogen and oxygen atoms in total. The van der Waals surface area contributed by atoms with Gasteiger partial charge >= 0.3 is 0 Å². The number of hydrogen-bond donors (Lipinski definition) is 0. The van der Waals surface area contributed by atoms with Gasteiger partial charge in [-0.3, -0.25) is 0 Å². The molecule has 0 aromatic rings. The highest BCUT2D eigenvalue weighted by atomic mass is 16.6. The van der Waals surface area contributed by atoms with Crippen LogP contribution in [0, 0.1) is 0 Å². The lowest BCUT2D eigenvalue weighted by molar-refractivity contribution is -0.00636. The van der Waals surface area contributed by atoms with Crippen molar-refractivity contribution in [1.82, 2.24) is 0 Å². The van der Waals surface area contributed by atoms with E-state index in [-0.39, 0.29) is 0 Å². The minimum atomic E-state index is 0.533. The van der Waals surface area contributed by atoms with Crippen LogP contribution < -0.4 is 0 Å². The highest BCUT2D eigenvalue weighted by Gasteiger charge is 1.93. The Balaban J connectivity index is 2.90. The second kappa shape index (κ2) is 18.4. The van der Waals surface area contributed by atoms with E-state index >= 15 is 0 Å². The van der Waals surface area contributed by atoms with Crippen molar-refractivity contribution in [3.8, 4) is 0 Å². The third-order valence-electron chi connectivity index (χ3n) is 2.47. The van der Waals surface area contributed by atoms with E-state index in [0.29, 0.717) is 52.9 Å². The lowest BCUT2D eigenvalue weighted by atomic mass is 10.3. The van der Waals surface area contributed by atoms with E-state index in [9.17, 15) is 0 Å². The topological polar surface area (TPSA) is 46.2 Å². The molecule has 0 unspecified atom stereocenters. The zero-order valence-corrected chi connectivity index (χ0v) is 12.8. The number of unbranched alkanes of at least 4 members (excludes halogenated alkanes) is 2. The van der Waals surface area contributed by atoms with Crippen molar-refractivity contribution in [2.75, 3.05) is 59.5 Å². The van der Waals surface area contributed by atoms with E-state index in [4.69, 9.17) is 23.7 Å². The van der Waals surface area contributed by atoms with Crippen LogP contribution in [-0.2, 0) is 23.7 Å². The summed E-state index contributed by atoms with van der Waals surface area (Å²) in [7, 11) is 0. The van der Waals surface area contributed by atoms with Crippen LogP contribution in [0.2, 0.25) is 0 Å². The molecule has 0 atom stereocenters. The zero-order valence-electron chi connectivity index (χ0n) is 12.8. The Hall–Kier alpha value is -0.620. The molecule has 0 saturated heterocycles. The van der Waals surface area contributed by atoms with Crippen molar-refractivity contribution < 1.29 is 23.7 Å². The maximum absolute atomic E-state index is 5.42. The number of hydrogen-bond acceptors (Lipinski definition) is 5. The van der Waals surface area contributed by atoms with Crippen LogP contribution >= 0.6 is 0 Å². The van der Waals surface area contributed by atoms with Crippen molar-refractivity contribution in [3.05, 3.63) is 12.8 Å². The number of ether oxygens (including phenoxy) is 5. The van der Waals surface area contributed by atoms with Crippen molar-refractivity contribution in [3.63, 3.8) is 0 Å². The van der Waals surface area contributed by atoms with Crippen LogP contribution in [-0.4, -0.2) is 59.5 Å². The van der Waals surface area contributed by atoms with Gasteiger partial charge in [0.2, 0.25) is 0 Å². The van der Waals surface area contributed by atoms with E-state index < -0.39 is 0 Å². The first kappa shape index (κ1) is 19.4. The molecule has 0 bridgehead atoms. The molecule has 20 heavy (non-hydrogen) atoms. The number of rotatable bonds is 17. The molecule has 0 spiro atoms. The summed E-state index contributed by atoms with van der Waals surface area (Å²) < 4.78 is 26.3.